The van der Waals surface area contributed by atoms with Gasteiger partial charge in [-0.2, -0.15) is 0 Å². The normalized spacial score (nSPS) is 15.0. The standard InChI is InChI=1S/C21H25ClN2O2.ClH/c1-2-26-17-11-9-16(10-12-17)21(25)23-15-20(24-13-5-6-14-24)18-7-3-4-8-19(18)22;/h3-4,7-12,20H,2,5-6,13-15H2,1H3,(H,23,25);1H. The molecule has 2 aromatic carbocycles. The smallest absolute Gasteiger partial charge is 0.251 e. The van der Waals surface area contributed by atoms with Gasteiger partial charge in [0.25, 0.3) is 5.91 Å². The molecule has 0 radical (unpaired) electrons. The minimum Gasteiger partial charge on any atom is -0.494 e. The van der Waals surface area contributed by atoms with E-state index in [1.165, 1.54) is 12.8 Å². The number of hydrogen-bond donors (Lipinski definition) is 1. The molecule has 27 heavy (non-hydrogen) atoms. The average Bonchev–Trinajstić information content (AvgIpc) is 3.18. The second kappa shape index (κ2) is 10.5. The number of benzene rings is 2. The van der Waals surface area contributed by atoms with E-state index in [0.29, 0.717) is 18.7 Å². The Kier molecular flexibility index (Phi) is 8.42. The summed E-state index contributed by atoms with van der Waals surface area (Å²) in [5.74, 6) is 0.694. The summed E-state index contributed by atoms with van der Waals surface area (Å²) in [6, 6.07) is 15.2. The van der Waals surface area contributed by atoms with Gasteiger partial charge in [0.05, 0.1) is 12.6 Å². The van der Waals surface area contributed by atoms with Crippen molar-refractivity contribution in [2.75, 3.05) is 26.2 Å². The third-order valence-corrected chi connectivity index (χ3v) is 5.07. The predicted octanol–water partition coefficient (Wildman–Crippen LogP) is 4.73. The molecule has 1 heterocycles. The molecule has 1 aliphatic rings. The monoisotopic (exact) mass is 408 g/mol. The number of amides is 1. The summed E-state index contributed by atoms with van der Waals surface area (Å²) in [5, 5.41) is 3.82. The van der Waals surface area contributed by atoms with Crippen molar-refractivity contribution in [2.24, 2.45) is 0 Å². The van der Waals surface area contributed by atoms with Gasteiger partial charge >= 0.3 is 0 Å². The third kappa shape index (κ3) is 5.61. The Morgan fingerprint density at radius 1 is 1.15 bits per heavy atom. The molecule has 1 fully saturated rings. The number of nitrogens with zero attached hydrogens (tertiary/aromatic N) is 1. The predicted molar refractivity (Wildman–Crippen MR) is 112 cm³/mol. The molecule has 1 saturated heterocycles. The Balaban J connectivity index is 0.00000261. The van der Waals surface area contributed by atoms with Crippen LogP contribution in [-0.4, -0.2) is 37.0 Å². The van der Waals surface area contributed by atoms with Gasteiger partial charge < -0.3 is 10.1 Å². The summed E-state index contributed by atoms with van der Waals surface area (Å²) < 4.78 is 5.42. The van der Waals surface area contributed by atoms with Crippen LogP contribution in [0.25, 0.3) is 0 Å². The molecule has 2 aromatic rings. The molecular weight excluding hydrogens is 383 g/mol. The van der Waals surface area contributed by atoms with Gasteiger partial charge in [-0.05, 0) is 68.8 Å². The van der Waals surface area contributed by atoms with Crippen LogP contribution in [0.2, 0.25) is 5.02 Å². The largest absolute Gasteiger partial charge is 0.494 e. The van der Waals surface area contributed by atoms with Crippen molar-refractivity contribution in [3.63, 3.8) is 0 Å². The summed E-state index contributed by atoms with van der Waals surface area (Å²) in [4.78, 5) is 14.9. The van der Waals surface area contributed by atoms with E-state index in [1.54, 1.807) is 12.1 Å². The van der Waals surface area contributed by atoms with E-state index in [1.807, 2.05) is 43.3 Å². The van der Waals surface area contributed by atoms with Gasteiger partial charge in [-0.1, -0.05) is 29.8 Å². The van der Waals surface area contributed by atoms with Crippen LogP contribution in [-0.2, 0) is 0 Å². The fourth-order valence-corrected chi connectivity index (χ4v) is 3.66. The number of carbonyl (C=O) groups is 1. The van der Waals surface area contributed by atoms with Crippen molar-refractivity contribution >= 4 is 29.9 Å². The maximum absolute atomic E-state index is 12.5. The van der Waals surface area contributed by atoms with E-state index in [2.05, 4.69) is 10.2 Å². The molecule has 1 amide bonds. The molecule has 0 saturated carbocycles. The lowest BCUT2D eigenvalue weighted by Crippen LogP contribution is -2.37. The minimum atomic E-state index is -0.0794. The summed E-state index contributed by atoms with van der Waals surface area (Å²) in [6.07, 6.45) is 2.38. The fourth-order valence-electron chi connectivity index (χ4n) is 3.39. The molecule has 0 spiro atoms. The first-order valence-electron chi connectivity index (χ1n) is 9.18. The number of nitrogens with one attached hydrogen (secondary N) is 1. The Morgan fingerprint density at radius 3 is 2.44 bits per heavy atom. The Hall–Kier alpha value is -1.75. The maximum atomic E-state index is 12.5. The lowest BCUT2D eigenvalue weighted by molar-refractivity contribution is 0.0938. The topological polar surface area (TPSA) is 41.6 Å². The van der Waals surface area contributed by atoms with Crippen molar-refractivity contribution in [1.82, 2.24) is 10.2 Å². The molecule has 0 bridgehead atoms. The van der Waals surface area contributed by atoms with Crippen LogP contribution in [0, 0.1) is 0 Å². The molecular formula is C21H26Cl2N2O2. The highest BCUT2D eigenvalue weighted by Gasteiger charge is 2.25. The second-order valence-corrected chi connectivity index (χ2v) is 6.86. The highest BCUT2D eigenvalue weighted by Crippen LogP contribution is 2.29. The molecule has 3 rings (SSSR count). The highest BCUT2D eigenvalue weighted by molar-refractivity contribution is 6.31. The molecule has 146 valence electrons. The zero-order valence-electron chi connectivity index (χ0n) is 15.5. The van der Waals surface area contributed by atoms with E-state index in [4.69, 9.17) is 16.3 Å². The number of ether oxygens (including phenoxy) is 1. The lowest BCUT2D eigenvalue weighted by Gasteiger charge is -2.29. The fraction of sp³-hybridized carbons (Fsp3) is 0.381. The summed E-state index contributed by atoms with van der Waals surface area (Å²) in [5.41, 5.74) is 1.70. The highest BCUT2D eigenvalue weighted by atomic mass is 35.5. The van der Waals surface area contributed by atoms with Crippen LogP contribution in [0.4, 0.5) is 0 Å². The van der Waals surface area contributed by atoms with Crippen molar-refractivity contribution in [2.45, 2.75) is 25.8 Å². The molecule has 1 aliphatic heterocycles. The van der Waals surface area contributed by atoms with E-state index in [0.717, 1.165) is 29.4 Å². The van der Waals surface area contributed by atoms with Crippen LogP contribution in [0.5, 0.6) is 5.75 Å². The molecule has 1 unspecified atom stereocenters. The van der Waals surface area contributed by atoms with Gasteiger partial charge in [0.2, 0.25) is 0 Å². The summed E-state index contributed by atoms with van der Waals surface area (Å²) in [7, 11) is 0. The number of carbonyl (C=O) groups excluding carboxylic acids is 1. The average molecular weight is 409 g/mol. The number of rotatable bonds is 7. The maximum Gasteiger partial charge on any atom is 0.251 e. The van der Waals surface area contributed by atoms with Gasteiger partial charge in [-0.25, -0.2) is 0 Å². The zero-order chi connectivity index (χ0) is 18.4. The van der Waals surface area contributed by atoms with Gasteiger partial charge in [0.15, 0.2) is 0 Å². The third-order valence-electron chi connectivity index (χ3n) is 4.73. The number of likely N-dealkylation sites (tertiary alicyclic amines) is 1. The summed E-state index contributed by atoms with van der Waals surface area (Å²) in [6.45, 7) is 5.16. The van der Waals surface area contributed by atoms with Crippen LogP contribution >= 0.6 is 24.0 Å². The van der Waals surface area contributed by atoms with Gasteiger partial charge in [-0.3, -0.25) is 9.69 Å². The van der Waals surface area contributed by atoms with Crippen LogP contribution in [0.15, 0.2) is 48.5 Å². The molecule has 1 N–H and O–H groups in total. The zero-order valence-corrected chi connectivity index (χ0v) is 17.1. The van der Waals surface area contributed by atoms with E-state index in [9.17, 15) is 4.79 Å². The van der Waals surface area contributed by atoms with Crippen molar-refractivity contribution in [1.29, 1.82) is 0 Å². The Bertz CT molecular complexity index is 731. The second-order valence-electron chi connectivity index (χ2n) is 6.45. The molecule has 1 atom stereocenters. The first kappa shape index (κ1) is 21.5. The van der Waals surface area contributed by atoms with Crippen molar-refractivity contribution in [3.8, 4) is 5.75 Å². The molecule has 0 aromatic heterocycles. The molecule has 6 heteroatoms. The van der Waals surface area contributed by atoms with Gasteiger partial charge in [-0.15, -0.1) is 12.4 Å². The molecule has 0 aliphatic carbocycles. The Labute approximate surface area is 172 Å². The Morgan fingerprint density at radius 2 is 1.81 bits per heavy atom. The van der Waals surface area contributed by atoms with Crippen molar-refractivity contribution in [3.05, 3.63) is 64.7 Å². The van der Waals surface area contributed by atoms with Crippen LogP contribution in [0.3, 0.4) is 0 Å². The van der Waals surface area contributed by atoms with E-state index >= 15 is 0 Å². The summed E-state index contributed by atoms with van der Waals surface area (Å²) >= 11 is 6.42. The number of hydrogen-bond acceptors (Lipinski definition) is 3. The van der Waals surface area contributed by atoms with Crippen molar-refractivity contribution < 1.29 is 9.53 Å². The number of halogens is 2. The first-order valence-corrected chi connectivity index (χ1v) is 9.56. The van der Waals surface area contributed by atoms with E-state index < -0.39 is 0 Å². The quantitative estimate of drug-likeness (QED) is 0.719. The van der Waals surface area contributed by atoms with Crippen LogP contribution in [0.1, 0.15) is 41.7 Å². The SMILES string of the molecule is CCOc1ccc(C(=O)NCC(c2ccccc2Cl)N2CCCC2)cc1.Cl. The lowest BCUT2D eigenvalue weighted by atomic mass is 10.0. The minimum absolute atomic E-state index is 0. The van der Waals surface area contributed by atoms with Crippen LogP contribution < -0.4 is 10.1 Å². The molecule has 4 nitrogen and oxygen atoms in total. The van der Waals surface area contributed by atoms with Gasteiger partial charge in [0, 0.05) is 17.1 Å². The first-order chi connectivity index (χ1) is 12.7. The van der Waals surface area contributed by atoms with E-state index in [-0.39, 0.29) is 24.4 Å². The van der Waals surface area contributed by atoms with Gasteiger partial charge in [0.1, 0.15) is 5.75 Å².